The van der Waals surface area contributed by atoms with Gasteiger partial charge in [0.05, 0.1) is 15.7 Å². The molecule has 3 N–H and O–H groups in total. The van der Waals surface area contributed by atoms with Crippen LogP contribution in [0.15, 0.2) is 51.8 Å². The van der Waals surface area contributed by atoms with E-state index in [9.17, 15) is 13.4 Å². The molecular weight excluding hydrogens is 359 g/mol. The number of hydrogen-bond donors (Lipinski definition) is 2. The van der Waals surface area contributed by atoms with E-state index < -0.39 is 22.5 Å². The number of nitrogen functional groups attached to an aromatic ring is 1. The molecule has 0 aliphatic rings. The first-order valence-corrected chi connectivity index (χ1v) is 8.06. The third kappa shape index (κ3) is 4.37. The van der Waals surface area contributed by atoms with Gasteiger partial charge in [0, 0.05) is 15.8 Å². The Labute approximate surface area is 132 Å². The van der Waals surface area contributed by atoms with Crippen LogP contribution >= 0.6 is 15.9 Å². The summed E-state index contributed by atoms with van der Waals surface area (Å²) in [6, 6.07) is 10.9. The summed E-state index contributed by atoms with van der Waals surface area (Å²) in [6.45, 7) is 0. The number of benzene rings is 2. The smallest absolute Gasteiger partial charge is 0.237 e. The molecule has 0 bridgehead atoms. The highest BCUT2D eigenvalue weighted by Crippen LogP contribution is 2.17. The maximum absolute atomic E-state index is 13.6. The molecule has 0 aliphatic carbocycles. The van der Waals surface area contributed by atoms with E-state index in [2.05, 4.69) is 21.2 Å². The average molecular weight is 371 g/mol. The van der Waals surface area contributed by atoms with Crippen molar-refractivity contribution in [2.45, 2.75) is 4.90 Å². The average Bonchev–Trinajstić information content (AvgIpc) is 2.38. The Morgan fingerprint density at radius 3 is 2.71 bits per heavy atom. The van der Waals surface area contributed by atoms with Crippen LogP contribution in [0.5, 0.6) is 0 Å². The number of rotatable bonds is 4. The largest absolute Gasteiger partial charge is 0.399 e. The van der Waals surface area contributed by atoms with Crippen LogP contribution in [0.25, 0.3) is 0 Å². The molecule has 2 aromatic carbocycles. The van der Waals surface area contributed by atoms with Gasteiger partial charge in [-0.3, -0.25) is 9.00 Å². The molecule has 4 nitrogen and oxygen atoms in total. The number of halogens is 2. The van der Waals surface area contributed by atoms with Gasteiger partial charge in [-0.1, -0.05) is 22.0 Å². The first-order chi connectivity index (χ1) is 9.95. The van der Waals surface area contributed by atoms with Gasteiger partial charge in [-0.05, 0) is 36.4 Å². The zero-order valence-electron chi connectivity index (χ0n) is 10.8. The topological polar surface area (TPSA) is 72.2 Å². The van der Waals surface area contributed by atoms with Gasteiger partial charge in [0.15, 0.2) is 0 Å². The zero-order valence-corrected chi connectivity index (χ0v) is 13.2. The van der Waals surface area contributed by atoms with E-state index in [-0.39, 0.29) is 16.3 Å². The summed E-state index contributed by atoms with van der Waals surface area (Å²) in [5.41, 5.74) is 6.24. The van der Waals surface area contributed by atoms with Crippen molar-refractivity contribution in [2.24, 2.45) is 0 Å². The van der Waals surface area contributed by atoms with E-state index in [0.717, 1.165) is 10.5 Å². The third-order valence-electron chi connectivity index (χ3n) is 2.57. The highest BCUT2D eigenvalue weighted by molar-refractivity contribution is 9.10. The summed E-state index contributed by atoms with van der Waals surface area (Å²) in [6.07, 6.45) is 0. The molecule has 0 heterocycles. The summed E-state index contributed by atoms with van der Waals surface area (Å²) in [7, 11) is -1.77. The van der Waals surface area contributed by atoms with E-state index in [1.165, 1.54) is 12.1 Å². The van der Waals surface area contributed by atoms with Crippen molar-refractivity contribution in [3.63, 3.8) is 0 Å². The van der Waals surface area contributed by atoms with Crippen molar-refractivity contribution in [1.82, 2.24) is 0 Å². The number of nitrogens with two attached hydrogens (primary N) is 1. The molecule has 21 heavy (non-hydrogen) atoms. The van der Waals surface area contributed by atoms with E-state index in [1.54, 1.807) is 18.2 Å². The van der Waals surface area contributed by atoms with Gasteiger partial charge in [0.2, 0.25) is 5.91 Å². The van der Waals surface area contributed by atoms with Gasteiger partial charge in [-0.25, -0.2) is 4.39 Å². The van der Waals surface area contributed by atoms with Crippen LogP contribution in [-0.2, 0) is 15.6 Å². The summed E-state index contributed by atoms with van der Waals surface area (Å²) >= 11 is 3.28. The van der Waals surface area contributed by atoms with E-state index in [4.69, 9.17) is 5.73 Å². The minimum atomic E-state index is -1.77. The Morgan fingerprint density at radius 2 is 2.05 bits per heavy atom. The van der Waals surface area contributed by atoms with Crippen LogP contribution < -0.4 is 11.1 Å². The summed E-state index contributed by atoms with van der Waals surface area (Å²) in [4.78, 5) is 11.8. The van der Waals surface area contributed by atoms with Crippen LogP contribution in [0, 0.1) is 5.82 Å². The fourth-order valence-corrected chi connectivity index (χ4v) is 3.02. The highest BCUT2D eigenvalue weighted by Gasteiger charge is 2.14. The Morgan fingerprint density at radius 1 is 1.29 bits per heavy atom. The molecule has 110 valence electrons. The van der Waals surface area contributed by atoms with E-state index in [1.807, 2.05) is 6.07 Å². The lowest BCUT2D eigenvalue weighted by Crippen LogP contribution is -2.20. The van der Waals surface area contributed by atoms with Gasteiger partial charge < -0.3 is 11.1 Å². The molecule has 0 spiro atoms. The minimum Gasteiger partial charge on any atom is -0.399 e. The normalized spacial score (nSPS) is 11.9. The van der Waals surface area contributed by atoms with Gasteiger partial charge in [0.25, 0.3) is 0 Å². The van der Waals surface area contributed by atoms with Crippen molar-refractivity contribution in [3.05, 3.63) is 52.8 Å². The monoisotopic (exact) mass is 370 g/mol. The van der Waals surface area contributed by atoms with Crippen molar-refractivity contribution in [1.29, 1.82) is 0 Å². The Kier molecular flexibility index (Phi) is 5.08. The number of amides is 1. The summed E-state index contributed by atoms with van der Waals surface area (Å²) in [5, 5.41) is 2.61. The van der Waals surface area contributed by atoms with E-state index in [0.29, 0.717) is 5.69 Å². The summed E-state index contributed by atoms with van der Waals surface area (Å²) in [5.74, 6) is -1.46. The lowest BCUT2D eigenvalue weighted by Gasteiger charge is -2.07. The minimum absolute atomic E-state index is 0.0337. The first kappa shape index (κ1) is 15.7. The number of carbonyl (C=O) groups is 1. The zero-order chi connectivity index (χ0) is 15.4. The third-order valence-corrected chi connectivity index (χ3v) is 4.41. The van der Waals surface area contributed by atoms with Gasteiger partial charge in [0.1, 0.15) is 11.6 Å². The van der Waals surface area contributed by atoms with Crippen molar-refractivity contribution < 1.29 is 13.4 Å². The van der Waals surface area contributed by atoms with Gasteiger partial charge >= 0.3 is 0 Å². The summed E-state index contributed by atoms with van der Waals surface area (Å²) < 4.78 is 26.4. The Bertz CT molecular complexity index is 709. The van der Waals surface area contributed by atoms with Crippen molar-refractivity contribution >= 4 is 44.0 Å². The molecule has 0 radical (unpaired) electrons. The molecule has 0 fully saturated rings. The Balaban J connectivity index is 2.04. The number of anilines is 2. The molecule has 0 saturated heterocycles. The molecular formula is C14H12BrFN2O2S. The molecule has 7 heteroatoms. The van der Waals surface area contributed by atoms with Gasteiger partial charge in [-0.15, -0.1) is 0 Å². The molecule has 2 rings (SSSR count). The molecule has 1 unspecified atom stereocenters. The molecule has 2 aromatic rings. The second-order valence-electron chi connectivity index (χ2n) is 4.24. The van der Waals surface area contributed by atoms with Gasteiger partial charge in [-0.2, -0.15) is 0 Å². The van der Waals surface area contributed by atoms with Crippen LogP contribution in [0.2, 0.25) is 0 Å². The molecule has 0 aliphatic heterocycles. The van der Waals surface area contributed by atoms with Crippen LogP contribution in [0.3, 0.4) is 0 Å². The fraction of sp³-hybridized carbons (Fsp3) is 0.0714. The quantitative estimate of drug-likeness (QED) is 0.812. The highest BCUT2D eigenvalue weighted by atomic mass is 79.9. The molecule has 0 saturated carbocycles. The molecule has 1 amide bonds. The standard InChI is InChI=1S/C14H12BrFN2O2S/c15-9-2-1-3-11(6-9)18-14(19)8-21(20)13-5-4-10(17)7-12(13)16/h1-7H,8,17H2,(H,18,19). The molecule has 0 aromatic heterocycles. The maximum atomic E-state index is 13.6. The fourth-order valence-electron chi connectivity index (χ4n) is 1.66. The number of carbonyl (C=O) groups excluding carboxylic acids is 1. The second kappa shape index (κ2) is 6.82. The first-order valence-electron chi connectivity index (χ1n) is 5.94. The maximum Gasteiger partial charge on any atom is 0.237 e. The SMILES string of the molecule is Nc1ccc(S(=O)CC(=O)Nc2cccc(Br)c2)c(F)c1. The van der Waals surface area contributed by atoms with Crippen molar-refractivity contribution in [3.8, 4) is 0 Å². The lowest BCUT2D eigenvalue weighted by atomic mass is 10.3. The molecule has 1 atom stereocenters. The van der Waals surface area contributed by atoms with Crippen LogP contribution in [0.4, 0.5) is 15.8 Å². The van der Waals surface area contributed by atoms with Crippen molar-refractivity contribution in [2.75, 3.05) is 16.8 Å². The van der Waals surface area contributed by atoms with Crippen LogP contribution in [-0.4, -0.2) is 15.9 Å². The predicted octanol–water partition coefficient (Wildman–Crippen LogP) is 2.92. The Hall–Kier alpha value is -1.73. The van der Waals surface area contributed by atoms with E-state index >= 15 is 0 Å². The predicted molar refractivity (Wildman–Crippen MR) is 84.9 cm³/mol. The lowest BCUT2D eigenvalue weighted by molar-refractivity contribution is -0.113. The number of hydrogen-bond acceptors (Lipinski definition) is 3. The number of nitrogens with one attached hydrogen (secondary N) is 1. The second-order valence-corrected chi connectivity index (χ2v) is 6.57. The van der Waals surface area contributed by atoms with Crippen LogP contribution in [0.1, 0.15) is 0 Å².